The van der Waals surface area contributed by atoms with Crippen LogP contribution in [0.15, 0.2) is 30.5 Å². The largest absolute Gasteiger partial charge is 0.452 e. The second-order valence-corrected chi connectivity index (χ2v) is 6.59. The highest BCUT2D eigenvalue weighted by Crippen LogP contribution is 2.20. The Morgan fingerprint density at radius 1 is 1.30 bits per heavy atom. The highest BCUT2D eigenvalue weighted by atomic mass is 127. The molecule has 1 N–H and O–H groups in total. The Bertz CT molecular complexity index is 768. The summed E-state index contributed by atoms with van der Waals surface area (Å²) < 4.78 is 5.99. The maximum atomic E-state index is 11.9. The summed E-state index contributed by atoms with van der Waals surface area (Å²) in [6, 6.07) is 6.93. The number of anilines is 1. The topological polar surface area (TPSA) is 68.3 Å². The number of aromatic nitrogens is 1. The number of halogens is 3. The standard InChI is InChI=1S/C15H11Cl2IN2O3/c1-8-4-10(18)2-3-12(8)20-13(21)7-23-15(22)9-5-11(16)14(17)19-6-9/h2-6H,7H2,1H3,(H,20,21). The lowest BCUT2D eigenvalue weighted by molar-refractivity contribution is -0.119. The van der Waals surface area contributed by atoms with Gasteiger partial charge in [0, 0.05) is 15.5 Å². The molecule has 0 radical (unpaired) electrons. The monoisotopic (exact) mass is 464 g/mol. The van der Waals surface area contributed by atoms with E-state index in [0.29, 0.717) is 5.69 Å². The van der Waals surface area contributed by atoms with Gasteiger partial charge >= 0.3 is 5.97 Å². The predicted molar refractivity (Wildman–Crippen MR) is 97.1 cm³/mol. The van der Waals surface area contributed by atoms with Gasteiger partial charge in [0.2, 0.25) is 0 Å². The smallest absolute Gasteiger partial charge is 0.340 e. The van der Waals surface area contributed by atoms with E-state index in [0.717, 1.165) is 9.13 Å². The first-order chi connectivity index (χ1) is 10.9. The first-order valence-corrected chi connectivity index (χ1v) is 8.24. The lowest BCUT2D eigenvalue weighted by Crippen LogP contribution is -2.21. The zero-order valence-electron chi connectivity index (χ0n) is 11.9. The first kappa shape index (κ1) is 18.0. The van der Waals surface area contributed by atoms with Crippen LogP contribution in [0.25, 0.3) is 0 Å². The molecular weight excluding hydrogens is 454 g/mol. The number of hydrogen-bond acceptors (Lipinski definition) is 4. The number of ether oxygens (including phenoxy) is 1. The number of pyridine rings is 1. The van der Waals surface area contributed by atoms with Gasteiger partial charge in [0.05, 0.1) is 10.6 Å². The molecule has 1 aromatic carbocycles. The van der Waals surface area contributed by atoms with Crippen LogP contribution >= 0.6 is 45.8 Å². The van der Waals surface area contributed by atoms with Crippen molar-refractivity contribution in [2.24, 2.45) is 0 Å². The Kier molecular flexibility index (Phi) is 6.20. The van der Waals surface area contributed by atoms with E-state index in [9.17, 15) is 9.59 Å². The minimum absolute atomic E-state index is 0.0927. The fourth-order valence-corrected chi connectivity index (χ4v) is 2.62. The molecule has 23 heavy (non-hydrogen) atoms. The molecule has 0 unspecified atom stereocenters. The molecule has 0 aliphatic carbocycles. The summed E-state index contributed by atoms with van der Waals surface area (Å²) in [6.07, 6.45) is 1.23. The number of carbonyl (C=O) groups excluding carboxylic acids is 2. The van der Waals surface area contributed by atoms with E-state index >= 15 is 0 Å². The Labute approximate surface area is 156 Å². The summed E-state index contributed by atoms with van der Waals surface area (Å²) in [5.41, 5.74) is 1.71. The maximum Gasteiger partial charge on any atom is 0.340 e. The lowest BCUT2D eigenvalue weighted by Gasteiger charge is -2.09. The molecule has 0 atom stereocenters. The summed E-state index contributed by atoms with van der Waals surface area (Å²) in [6.45, 7) is 1.47. The van der Waals surface area contributed by atoms with Gasteiger partial charge in [0.25, 0.3) is 5.91 Å². The number of rotatable bonds is 4. The SMILES string of the molecule is Cc1cc(I)ccc1NC(=O)COC(=O)c1cnc(Cl)c(Cl)c1. The number of amides is 1. The third-order valence-electron chi connectivity index (χ3n) is 2.83. The molecule has 0 bridgehead atoms. The number of esters is 1. The third-order valence-corrected chi connectivity index (χ3v) is 4.19. The fraction of sp³-hybridized carbons (Fsp3) is 0.133. The van der Waals surface area contributed by atoms with Gasteiger partial charge in [-0.1, -0.05) is 23.2 Å². The minimum atomic E-state index is -0.703. The summed E-state index contributed by atoms with van der Waals surface area (Å²) >= 11 is 13.6. The molecule has 1 amide bonds. The number of nitrogens with one attached hydrogen (secondary N) is 1. The van der Waals surface area contributed by atoms with Crippen molar-refractivity contribution in [2.45, 2.75) is 6.92 Å². The molecule has 120 valence electrons. The van der Waals surface area contributed by atoms with Crippen molar-refractivity contribution in [1.29, 1.82) is 0 Å². The van der Waals surface area contributed by atoms with Gasteiger partial charge in [0.15, 0.2) is 6.61 Å². The van der Waals surface area contributed by atoms with Crippen LogP contribution in [0.2, 0.25) is 10.2 Å². The van der Waals surface area contributed by atoms with E-state index in [4.69, 9.17) is 27.9 Å². The van der Waals surface area contributed by atoms with E-state index in [1.165, 1.54) is 12.3 Å². The van der Waals surface area contributed by atoms with Gasteiger partial charge < -0.3 is 10.1 Å². The number of carbonyl (C=O) groups is 2. The van der Waals surface area contributed by atoms with Gasteiger partial charge in [0.1, 0.15) is 5.15 Å². The van der Waals surface area contributed by atoms with E-state index in [1.807, 2.05) is 19.1 Å². The predicted octanol–water partition coefficient (Wildman–Crippen LogP) is 4.10. The van der Waals surface area contributed by atoms with Crippen LogP contribution in [-0.4, -0.2) is 23.5 Å². The number of benzene rings is 1. The van der Waals surface area contributed by atoms with Gasteiger partial charge in [-0.25, -0.2) is 9.78 Å². The number of nitrogens with zero attached hydrogens (tertiary/aromatic N) is 1. The quantitative estimate of drug-likeness (QED) is 0.420. The molecule has 0 fully saturated rings. The summed E-state index contributed by atoms with van der Waals surface area (Å²) in [4.78, 5) is 27.4. The van der Waals surface area contributed by atoms with E-state index in [2.05, 4.69) is 32.9 Å². The number of aryl methyl sites for hydroxylation is 1. The van der Waals surface area contributed by atoms with Crippen molar-refractivity contribution in [3.05, 3.63) is 55.3 Å². The van der Waals surface area contributed by atoms with Crippen molar-refractivity contribution in [2.75, 3.05) is 11.9 Å². The van der Waals surface area contributed by atoms with Crippen LogP contribution in [0, 0.1) is 10.5 Å². The minimum Gasteiger partial charge on any atom is -0.452 e. The Morgan fingerprint density at radius 3 is 2.70 bits per heavy atom. The molecule has 0 saturated heterocycles. The molecule has 0 spiro atoms. The molecular formula is C15H11Cl2IN2O3. The second-order valence-electron chi connectivity index (χ2n) is 4.58. The average molecular weight is 465 g/mol. The highest BCUT2D eigenvalue weighted by Gasteiger charge is 2.13. The molecule has 0 aliphatic rings. The van der Waals surface area contributed by atoms with E-state index in [-0.39, 0.29) is 15.7 Å². The second kappa shape index (κ2) is 7.94. The molecule has 1 heterocycles. The Balaban J connectivity index is 1.93. The van der Waals surface area contributed by atoms with Crippen LogP contribution in [0.1, 0.15) is 15.9 Å². The Morgan fingerprint density at radius 2 is 2.04 bits per heavy atom. The summed E-state index contributed by atoms with van der Waals surface area (Å²) in [7, 11) is 0. The van der Waals surface area contributed by atoms with Crippen molar-refractivity contribution >= 4 is 63.4 Å². The average Bonchev–Trinajstić information content (AvgIpc) is 2.50. The van der Waals surface area contributed by atoms with Crippen molar-refractivity contribution in [3.8, 4) is 0 Å². The van der Waals surface area contributed by atoms with Crippen molar-refractivity contribution in [1.82, 2.24) is 4.98 Å². The van der Waals surface area contributed by atoms with Crippen LogP contribution < -0.4 is 5.32 Å². The zero-order valence-corrected chi connectivity index (χ0v) is 15.6. The highest BCUT2D eigenvalue weighted by molar-refractivity contribution is 14.1. The van der Waals surface area contributed by atoms with Gasteiger partial charge in [-0.15, -0.1) is 0 Å². The molecule has 0 aliphatic heterocycles. The molecule has 5 nitrogen and oxygen atoms in total. The van der Waals surface area contributed by atoms with Crippen molar-refractivity contribution < 1.29 is 14.3 Å². The van der Waals surface area contributed by atoms with Gasteiger partial charge in [-0.2, -0.15) is 0 Å². The van der Waals surface area contributed by atoms with Gasteiger partial charge in [-0.3, -0.25) is 4.79 Å². The summed E-state index contributed by atoms with van der Waals surface area (Å²) in [5.74, 6) is -1.14. The van der Waals surface area contributed by atoms with Crippen molar-refractivity contribution in [3.63, 3.8) is 0 Å². The molecule has 0 saturated carbocycles. The molecule has 2 aromatic rings. The van der Waals surface area contributed by atoms with Crippen LogP contribution in [0.5, 0.6) is 0 Å². The Hall–Kier alpha value is -1.38. The zero-order chi connectivity index (χ0) is 17.0. The normalized spacial score (nSPS) is 10.3. The summed E-state index contributed by atoms with van der Waals surface area (Å²) in [5, 5.41) is 2.91. The third kappa shape index (κ3) is 5.05. The fourth-order valence-electron chi connectivity index (χ4n) is 1.70. The van der Waals surface area contributed by atoms with Crippen LogP contribution in [-0.2, 0) is 9.53 Å². The lowest BCUT2D eigenvalue weighted by atomic mass is 10.2. The maximum absolute atomic E-state index is 11.9. The van der Waals surface area contributed by atoms with E-state index < -0.39 is 18.5 Å². The molecule has 2 rings (SSSR count). The molecule has 1 aromatic heterocycles. The van der Waals surface area contributed by atoms with Gasteiger partial charge in [-0.05, 0) is 59.3 Å². The van der Waals surface area contributed by atoms with E-state index in [1.54, 1.807) is 6.07 Å². The first-order valence-electron chi connectivity index (χ1n) is 6.41. The van der Waals surface area contributed by atoms with Crippen LogP contribution in [0.4, 0.5) is 5.69 Å². The molecule has 8 heteroatoms. The number of hydrogen-bond donors (Lipinski definition) is 1. The van der Waals surface area contributed by atoms with Crippen LogP contribution in [0.3, 0.4) is 0 Å².